The average Bonchev–Trinajstić information content (AvgIpc) is 3.44. The molecule has 0 aliphatic heterocycles. The van der Waals surface area contributed by atoms with Crippen molar-refractivity contribution in [1.29, 1.82) is 5.26 Å². The van der Waals surface area contributed by atoms with E-state index < -0.39 is 5.41 Å². The van der Waals surface area contributed by atoms with Crippen LogP contribution in [0.4, 0.5) is 5.13 Å². The molecule has 1 fully saturated rings. The summed E-state index contributed by atoms with van der Waals surface area (Å²) in [4.78, 5) is 18.3. The Balaban J connectivity index is 1.46. The number of amides is 1. The third-order valence-electron chi connectivity index (χ3n) is 5.10. The number of carbonyl (C=O) groups excluding carboxylic acids is 1. The number of benzene rings is 2. The number of thiazole rings is 1. The van der Waals surface area contributed by atoms with Crippen molar-refractivity contribution < 1.29 is 9.53 Å². The van der Waals surface area contributed by atoms with Gasteiger partial charge in [-0.25, -0.2) is 4.98 Å². The van der Waals surface area contributed by atoms with Crippen LogP contribution in [0, 0.1) is 11.3 Å². The number of rotatable bonds is 6. The number of nitrogens with one attached hydrogen (secondary N) is 1. The van der Waals surface area contributed by atoms with Crippen molar-refractivity contribution >= 4 is 22.4 Å². The highest BCUT2D eigenvalue weighted by molar-refractivity contribution is 7.15. The second kappa shape index (κ2) is 7.45. The fourth-order valence-corrected chi connectivity index (χ4v) is 4.15. The summed E-state index contributed by atoms with van der Waals surface area (Å²) in [6.45, 7) is 0. The van der Waals surface area contributed by atoms with Crippen LogP contribution in [0.1, 0.15) is 34.4 Å². The van der Waals surface area contributed by atoms with Gasteiger partial charge in [-0.15, -0.1) is 11.3 Å². The van der Waals surface area contributed by atoms with Crippen LogP contribution in [0.2, 0.25) is 0 Å². The minimum absolute atomic E-state index is 0.0176. The summed E-state index contributed by atoms with van der Waals surface area (Å²) in [6, 6.07) is 17.4. The quantitative estimate of drug-likeness (QED) is 0.683. The molecule has 1 aliphatic carbocycles. The summed E-state index contributed by atoms with van der Waals surface area (Å²) in [5.41, 5.74) is 2.16. The molecule has 0 bridgehead atoms. The van der Waals surface area contributed by atoms with E-state index in [0.717, 1.165) is 34.6 Å². The molecule has 140 valence electrons. The van der Waals surface area contributed by atoms with E-state index in [1.54, 1.807) is 13.3 Å². The second-order valence-electron chi connectivity index (χ2n) is 6.84. The minimum atomic E-state index is -0.467. The Labute approximate surface area is 167 Å². The van der Waals surface area contributed by atoms with E-state index in [1.807, 2.05) is 48.5 Å². The fraction of sp³-hybridized carbons (Fsp3) is 0.227. The monoisotopic (exact) mass is 389 g/mol. The predicted octanol–water partition coefficient (Wildman–Crippen LogP) is 4.28. The SMILES string of the molecule is COc1ccc(C2(C(=O)Nc3ncc(Cc4ccccc4C#N)s3)CC2)cc1. The van der Waals surface area contributed by atoms with Gasteiger partial charge in [0.2, 0.25) is 5.91 Å². The molecule has 1 aliphatic rings. The summed E-state index contributed by atoms with van der Waals surface area (Å²) in [6.07, 6.45) is 4.06. The zero-order chi connectivity index (χ0) is 19.6. The molecule has 0 atom stereocenters. The van der Waals surface area contributed by atoms with Gasteiger partial charge in [0.25, 0.3) is 0 Å². The van der Waals surface area contributed by atoms with Crippen LogP contribution in [-0.2, 0) is 16.6 Å². The van der Waals surface area contributed by atoms with Gasteiger partial charge in [-0.05, 0) is 42.2 Å². The molecule has 1 saturated carbocycles. The summed E-state index contributed by atoms with van der Waals surface area (Å²) in [7, 11) is 1.63. The maximum atomic E-state index is 12.9. The Morgan fingerprint density at radius 1 is 1.25 bits per heavy atom. The van der Waals surface area contributed by atoms with Crippen LogP contribution in [-0.4, -0.2) is 18.0 Å². The Kier molecular flexibility index (Phi) is 4.84. The number of aromatic nitrogens is 1. The summed E-state index contributed by atoms with van der Waals surface area (Å²) in [5.74, 6) is 0.762. The lowest BCUT2D eigenvalue weighted by Gasteiger charge is -2.15. The predicted molar refractivity (Wildman–Crippen MR) is 109 cm³/mol. The highest BCUT2D eigenvalue weighted by atomic mass is 32.1. The van der Waals surface area contributed by atoms with Crippen LogP contribution in [0.5, 0.6) is 5.75 Å². The number of nitrogens with zero attached hydrogens (tertiary/aromatic N) is 2. The highest BCUT2D eigenvalue weighted by Gasteiger charge is 2.51. The first-order valence-electron chi connectivity index (χ1n) is 9.03. The van der Waals surface area contributed by atoms with Crippen molar-refractivity contribution in [2.24, 2.45) is 0 Å². The highest BCUT2D eigenvalue weighted by Crippen LogP contribution is 2.49. The van der Waals surface area contributed by atoms with Crippen LogP contribution >= 0.6 is 11.3 Å². The van der Waals surface area contributed by atoms with Gasteiger partial charge in [0, 0.05) is 17.5 Å². The van der Waals surface area contributed by atoms with Crippen LogP contribution < -0.4 is 10.1 Å². The van der Waals surface area contributed by atoms with E-state index in [4.69, 9.17) is 4.74 Å². The topological polar surface area (TPSA) is 75.0 Å². The first-order chi connectivity index (χ1) is 13.6. The maximum absolute atomic E-state index is 12.9. The summed E-state index contributed by atoms with van der Waals surface area (Å²) >= 11 is 1.45. The molecule has 0 radical (unpaired) electrons. The Hall–Kier alpha value is -3.17. The average molecular weight is 389 g/mol. The van der Waals surface area contributed by atoms with Gasteiger partial charge < -0.3 is 10.1 Å². The van der Waals surface area contributed by atoms with Crippen molar-refractivity contribution in [3.8, 4) is 11.8 Å². The van der Waals surface area contributed by atoms with E-state index >= 15 is 0 Å². The summed E-state index contributed by atoms with van der Waals surface area (Å²) in [5, 5.41) is 12.8. The van der Waals surface area contributed by atoms with Gasteiger partial charge in [-0.2, -0.15) is 5.26 Å². The Morgan fingerprint density at radius 2 is 2.00 bits per heavy atom. The summed E-state index contributed by atoms with van der Waals surface area (Å²) < 4.78 is 5.20. The van der Waals surface area contributed by atoms with Crippen molar-refractivity contribution in [2.75, 3.05) is 12.4 Å². The van der Waals surface area contributed by atoms with Crippen LogP contribution in [0.3, 0.4) is 0 Å². The van der Waals surface area contributed by atoms with E-state index in [1.165, 1.54) is 11.3 Å². The Bertz CT molecular complexity index is 1050. The van der Waals surface area contributed by atoms with Gasteiger partial charge >= 0.3 is 0 Å². The number of ether oxygens (including phenoxy) is 1. The Morgan fingerprint density at radius 3 is 2.68 bits per heavy atom. The number of nitriles is 1. The number of carbonyl (C=O) groups is 1. The van der Waals surface area contributed by atoms with Gasteiger partial charge in [0.1, 0.15) is 5.75 Å². The maximum Gasteiger partial charge on any atom is 0.236 e. The first-order valence-corrected chi connectivity index (χ1v) is 9.85. The number of hydrogen-bond donors (Lipinski definition) is 1. The number of hydrogen-bond acceptors (Lipinski definition) is 5. The van der Waals surface area contributed by atoms with Gasteiger partial charge in [0.05, 0.1) is 24.2 Å². The number of anilines is 1. The first kappa shape index (κ1) is 18.2. The van der Waals surface area contributed by atoms with Gasteiger partial charge in [0.15, 0.2) is 5.13 Å². The molecule has 0 saturated heterocycles. The van der Waals surface area contributed by atoms with E-state index in [0.29, 0.717) is 17.1 Å². The van der Waals surface area contributed by atoms with Crippen LogP contribution in [0.15, 0.2) is 54.7 Å². The molecule has 4 rings (SSSR count). The largest absolute Gasteiger partial charge is 0.497 e. The normalized spacial score (nSPS) is 14.1. The molecule has 1 N–H and O–H groups in total. The van der Waals surface area contributed by atoms with E-state index in [-0.39, 0.29) is 5.91 Å². The third kappa shape index (κ3) is 3.49. The van der Waals surface area contributed by atoms with E-state index in [9.17, 15) is 10.1 Å². The molecule has 1 aromatic heterocycles. The zero-order valence-corrected chi connectivity index (χ0v) is 16.3. The standard InChI is InChI=1S/C22H19N3O2S/c1-27-18-8-6-17(7-9-18)22(10-11-22)20(26)25-21-24-14-19(28-21)12-15-4-2-3-5-16(15)13-23/h2-9,14H,10-12H2,1H3,(H,24,25,26). The molecule has 0 spiro atoms. The van der Waals surface area contributed by atoms with Crippen molar-refractivity contribution in [1.82, 2.24) is 4.98 Å². The van der Waals surface area contributed by atoms with E-state index in [2.05, 4.69) is 16.4 Å². The molecular weight excluding hydrogens is 370 g/mol. The molecule has 28 heavy (non-hydrogen) atoms. The minimum Gasteiger partial charge on any atom is -0.497 e. The van der Waals surface area contributed by atoms with Crippen molar-refractivity contribution in [2.45, 2.75) is 24.7 Å². The third-order valence-corrected chi connectivity index (χ3v) is 6.02. The molecule has 1 heterocycles. The lowest BCUT2D eigenvalue weighted by molar-refractivity contribution is -0.118. The second-order valence-corrected chi connectivity index (χ2v) is 7.96. The van der Waals surface area contributed by atoms with Gasteiger partial charge in [-0.1, -0.05) is 30.3 Å². The molecule has 5 nitrogen and oxygen atoms in total. The zero-order valence-electron chi connectivity index (χ0n) is 15.4. The molecule has 6 heteroatoms. The van der Waals surface area contributed by atoms with Gasteiger partial charge in [-0.3, -0.25) is 4.79 Å². The lowest BCUT2D eigenvalue weighted by Crippen LogP contribution is -2.27. The van der Waals surface area contributed by atoms with Crippen molar-refractivity contribution in [3.05, 3.63) is 76.3 Å². The fourth-order valence-electron chi connectivity index (χ4n) is 3.32. The number of methoxy groups -OCH3 is 1. The molecular formula is C22H19N3O2S. The molecule has 0 unspecified atom stereocenters. The molecule has 1 amide bonds. The molecule has 3 aromatic rings. The lowest BCUT2D eigenvalue weighted by atomic mass is 9.95. The molecule has 2 aromatic carbocycles. The van der Waals surface area contributed by atoms with Crippen LogP contribution in [0.25, 0.3) is 0 Å². The van der Waals surface area contributed by atoms with Crippen molar-refractivity contribution in [3.63, 3.8) is 0 Å². The smallest absolute Gasteiger partial charge is 0.236 e.